The fourth-order valence-corrected chi connectivity index (χ4v) is 3.09. The van der Waals surface area contributed by atoms with Gasteiger partial charge < -0.3 is 15.0 Å². The summed E-state index contributed by atoms with van der Waals surface area (Å²) in [6.07, 6.45) is 0. The van der Waals surface area contributed by atoms with E-state index >= 15 is 0 Å². The van der Waals surface area contributed by atoms with Crippen LogP contribution in [0.25, 0.3) is 11.0 Å². The summed E-state index contributed by atoms with van der Waals surface area (Å²) < 4.78 is 5.51. The fraction of sp³-hybridized carbons (Fsp3) is 0.500. The van der Waals surface area contributed by atoms with E-state index in [1.165, 1.54) is 5.56 Å². The largest absolute Gasteiger partial charge is 0.379 e. The highest BCUT2D eigenvalue weighted by molar-refractivity contribution is 5.76. The van der Waals surface area contributed by atoms with Crippen LogP contribution in [0.1, 0.15) is 11.4 Å². The first kappa shape index (κ1) is 10.5. The predicted molar refractivity (Wildman–Crippen MR) is 69.7 cm³/mol. The molecule has 0 atom stereocenters. The van der Waals surface area contributed by atoms with Crippen LogP contribution in [0.3, 0.4) is 0 Å². The van der Waals surface area contributed by atoms with Gasteiger partial charge in [-0.3, -0.25) is 0 Å². The maximum absolute atomic E-state index is 5.51. The monoisotopic (exact) mass is 243 g/mol. The second-order valence-electron chi connectivity index (χ2n) is 5.56. The zero-order chi connectivity index (χ0) is 12.2. The van der Waals surface area contributed by atoms with E-state index in [0.717, 1.165) is 43.2 Å². The standard InChI is InChI=1S/C14H17N3O/c1-9-16-12-3-2-10(4-13(12)17-9)14(7-18-8-14)11-5-15-6-11/h2-4,11,15H,5-8H2,1H3,(H,16,17). The summed E-state index contributed by atoms with van der Waals surface area (Å²) in [5.74, 6) is 1.69. The summed E-state index contributed by atoms with van der Waals surface area (Å²) in [7, 11) is 0. The number of imidazole rings is 1. The fourth-order valence-electron chi connectivity index (χ4n) is 3.09. The molecule has 2 aliphatic heterocycles. The van der Waals surface area contributed by atoms with Crippen molar-refractivity contribution < 1.29 is 4.74 Å². The highest BCUT2D eigenvalue weighted by atomic mass is 16.5. The van der Waals surface area contributed by atoms with E-state index < -0.39 is 0 Å². The van der Waals surface area contributed by atoms with Gasteiger partial charge in [0.25, 0.3) is 0 Å². The molecule has 94 valence electrons. The summed E-state index contributed by atoms with van der Waals surface area (Å²) in [5.41, 5.74) is 3.83. The van der Waals surface area contributed by atoms with E-state index in [0.29, 0.717) is 5.92 Å². The number of benzene rings is 1. The number of rotatable bonds is 2. The first-order chi connectivity index (χ1) is 8.78. The van der Waals surface area contributed by atoms with Crippen molar-refractivity contribution in [1.29, 1.82) is 0 Å². The second-order valence-corrected chi connectivity index (χ2v) is 5.56. The van der Waals surface area contributed by atoms with Crippen LogP contribution in [-0.4, -0.2) is 36.3 Å². The molecule has 0 spiro atoms. The summed E-state index contributed by atoms with van der Waals surface area (Å²) in [5, 5.41) is 3.37. The van der Waals surface area contributed by atoms with Gasteiger partial charge in [-0.2, -0.15) is 0 Å². The molecule has 0 saturated carbocycles. The van der Waals surface area contributed by atoms with E-state index in [-0.39, 0.29) is 5.41 Å². The van der Waals surface area contributed by atoms with Crippen LogP contribution in [0.15, 0.2) is 18.2 Å². The molecule has 4 rings (SSSR count). The van der Waals surface area contributed by atoms with Crippen LogP contribution < -0.4 is 5.32 Å². The Labute approximate surface area is 106 Å². The van der Waals surface area contributed by atoms with Gasteiger partial charge in [-0.15, -0.1) is 0 Å². The zero-order valence-corrected chi connectivity index (χ0v) is 10.5. The Balaban J connectivity index is 1.80. The molecule has 0 radical (unpaired) electrons. The quantitative estimate of drug-likeness (QED) is 0.837. The van der Waals surface area contributed by atoms with Crippen molar-refractivity contribution in [2.75, 3.05) is 26.3 Å². The molecule has 1 aromatic heterocycles. The molecule has 18 heavy (non-hydrogen) atoms. The van der Waals surface area contributed by atoms with Crippen molar-refractivity contribution in [3.63, 3.8) is 0 Å². The average Bonchev–Trinajstić information content (AvgIpc) is 2.59. The Morgan fingerprint density at radius 3 is 2.78 bits per heavy atom. The minimum Gasteiger partial charge on any atom is -0.379 e. The van der Waals surface area contributed by atoms with Gasteiger partial charge in [-0.05, 0) is 30.5 Å². The number of ether oxygens (including phenoxy) is 1. The van der Waals surface area contributed by atoms with E-state index in [4.69, 9.17) is 4.74 Å². The molecule has 2 fully saturated rings. The third kappa shape index (κ3) is 1.30. The lowest BCUT2D eigenvalue weighted by atomic mass is 9.66. The molecule has 2 aliphatic rings. The number of aromatic amines is 1. The lowest BCUT2D eigenvalue weighted by molar-refractivity contribution is -0.101. The van der Waals surface area contributed by atoms with E-state index in [1.54, 1.807) is 0 Å². The van der Waals surface area contributed by atoms with Crippen molar-refractivity contribution in [3.05, 3.63) is 29.6 Å². The number of aromatic nitrogens is 2. The predicted octanol–water partition coefficient (Wildman–Crippen LogP) is 1.36. The van der Waals surface area contributed by atoms with E-state index in [2.05, 4.69) is 33.5 Å². The van der Waals surface area contributed by atoms with E-state index in [1.807, 2.05) is 6.92 Å². The molecular weight excluding hydrogens is 226 g/mol. The third-order valence-electron chi connectivity index (χ3n) is 4.46. The minimum absolute atomic E-state index is 0.235. The summed E-state index contributed by atoms with van der Waals surface area (Å²) in [4.78, 5) is 7.79. The Bertz CT molecular complexity index is 596. The van der Waals surface area contributed by atoms with Gasteiger partial charge in [-0.1, -0.05) is 6.07 Å². The lowest BCUT2D eigenvalue weighted by Gasteiger charge is -2.51. The molecule has 2 N–H and O–H groups in total. The topological polar surface area (TPSA) is 49.9 Å². The van der Waals surface area contributed by atoms with Gasteiger partial charge in [0, 0.05) is 18.5 Å². The Morgan fingerprint density at radius 2 is 2.17 bits per heavy atom. The van der Waals surface area contributed by atoms with Crippen LogP contribution in [-0.2, 0) is 10.2 Å². The number of hydrogen-bond donors (Lipinski definition) is 2. The number of H-pyrrole nitrogens is 1. The van der Waals surface area contributed by atoms with Gasteiger partial charge in [0.2, 0.25) is 0 Å². The van der Waals surface area contributed by atoms with Gasteiger partial charge in [0.15, 0.2) is 0 Å². The molecule has 2 saturated heterocycles. The first-order valence-electron chi connectivity index (χ1n) is 6.53. The third-order valence-corrected chi connectivity index (χ3v) is 4.46. The number of nitrogens with zero attached hydrogens (tertiary/aromatic N) is 1. The van der Waals surface area contributed by atoms with Crippen LogP contribution in [0.2, 0.25) is 0 Å². The summed E-state index contributed by atoms with van der Waals surface area (Å²) >= 11 is 0. The van der Waals surface area contributed by atoms with Gasteiger partial charge in [0.05, 0.1) is 24.2 Å². The molecule has 0 bridgehead atoms. The smallest absolute Gasteiger partial charge is 0.104 e. The van der Waals surface area contributed by atoms with Crippen molar-refractivity contribution in [2.24, 2.45) is 5.92 Å². The highest BCUT2D eigenvalue weighted by Crippen LogP contribution is 2.41. The van der Waals surface area contributed by atoms with Crippen molar-refractivity contribution in [3.8, 4) is 0 Å². The molecule has 4 heteroatoms. The number of hydrogen-bond acceptors (Lipinski definition) is 3. The van der Waals surface area contributed by atoms with Crippen molar-refractivity contribution >= 4 is 11.0 Å². The molecule has 0 aliphatic carbocycles. The van der Waals surface area contributed by atoms with E-state index in [9.17, 15) is 0 Å². The zero-order valence-electron chi connectivity index (χ0n) is 10.5. The maximum Gasteiger partial charge on any atom is 0.104 e. The molecule has 0 unspecified atom stereocenters. The number of nitrogens with one attached hydrogen (secondary N) is 2. The highest BCUT2D eigenvalue weighted by Gasteiger charge is 2.49. The molecular formula is C14H17N3O. The summed E-state index contributed by atoms with van der Waals surface area (Å²) in [6, 6.07) is 6.61. The lowest BCUT2D eigenvalue weighted by Crippen LogP contribution is -2.62. The molecule has 0 amide bonds. The van der Waals surface area contributed by atoms with Crippen LogP contribution >= 0.6 is 0 Å². The van der Waals surface area contributed by atoms with Crippen LogP contribution in [0.4, 0.5) is 0 Å². The normalized spacial score (nSPS) is 22.7. The molecule has 2 aromatic rings. The molecule has 1 aromatic carbocycles. The SMILES string of the molecule is Cc1nc2ccc(C3(C4CNC4)COC3)cc2[nH]1. The first-order valence-corrected chi connectivity index (χ1v) is 6.53. The van der Waals surface area contributed by atoms with Crippen molar-refractivity contribution in [2.45, 2.75) is 12.3 Å². The average molecular weight is 243 g/mol. The van der Waals surface area contributed by atoms with Crippen molar-refractivity contribution in [1.82, 2.24) is 15.3 Å². The number of fused-ring (bicyclic) bond motifs is 1. The van der Waals surface area contributed by atoms with Gasteiger partial charge in [0.1, 0.15) is 5.82 Å². The molecule has 4 nitrogen and oxygen atoms in total. The maximum atomic E-state index is 5.51. The Hall–Kier alpha value is -1.39. The second kappa shape index (κ2) is 3.56. The van der Waals surface area contributed by atoms with Crippen LogP contribution in [0.5, 0.6) is 0 Å². The van der Waals surface area contributed by atoms with Crippen LogP contribution in [0, 0.1) is 12.8 Å². The Morgan fingerprint density at radius 1 is 1.33 bits per heavy atom. The molecule has 3 heterocycles. The number of aryl methyl sites for hydroxylation is 1. The minimum atomic E-state index is 0.235. The van der Waals surface area contributed by atoms with Gasteiger partial charge >= 0.3 is 0 Å². The Kier molecular flexibility index (Phi) is 2.08. The van der Waals surface area contributed by atoms with Gasteiger partial charge in [-0.25, -0.2) is 4.98 Å². The summed E-state index contributed by atoms with van der Waals surface area (Å²) in [6.45, 7) is 5.94.